The summed E-state index contributed by atoms with van der Waals surface area (Å²) in [7, 11) is -2.26. The molecule has 0 aliphatic rings. The number of Topliss-reactive ketones (excluding diaryl/α,β-unsaturated/α-hetero) is 1. The topological polar surface area (TPSA) is 51.2 Å². The van der Waals surface area contributed by atoms with E-state index >= 15 is 0 Å². The predicted octanol–water partition coefficient (Wildman–Crippen LogP) is 7.80. The summed E-state index contributed by atoms with van der Waals surface area (Å²) in [5.41, 5.74) is 2.81. The van der Waals surface area contributed by atoms with Gasteiger partial charge in [-0.15, -0.1) is 0 Å². The van der Waals surface area contributed by atoms with Gasteiger partial charge in [-0.2, -0.15) is 0 Å². The van der Waals surface area contributed by atoms with Crippen molar-refractivity contribution >= 4 is 53.9 Å². The Labute approximate surface area is 187 Å². The molecule has 0 amide bonds. The first-order valence-corrected chi connectivity index (χ1v) is 11.7. The molecule has 0 saturated heterocycles. The Morgan fingerprint density at radius 1 is 0.897 bits per heavy atom. The van der Waals surface area contributed by atoms with E-state index in [1.807, 2.05) is 26.0 Å². The SMILES string of the molecule is Cc1cc(C(C)(C)C)cc(C)c1C(=O)[P+](=O)CCC(=O)c1c(Cl)cc(Cl)cc1Cl. The van der Waals surface area contributed by atoms with Crippen LogP contribution in [0, 0.1) is 13.8 Å². The van der Waals surface area contributed by atoms with E-state index in [4.69, 9.17) is 34.8 Å². The van der Waals surface area contributed by atoms with Gasteiger partial charge in [0, 0.05) is 5.02 Å². The second-order valence-electron chi connectivity index (χ2n) is 8.06. The van der Waals surface area contributed by atoms with Crippen LogP contribution in [-0.2, 0) is 9.98 Å². The summed E-state index contributed by atoms with van der Waals surface area (Å²) in [4.78, 5) is 25.3. The number of benzene rings is 2. The zero-order chi connectivity index (χ0) is 22.1. The fraction of sp³-hybridized carbons (Fsp3) is 0.364. The van der Waals surface area contributed by atoms with Crippen molar-refractivity contribution in [3.8, 4) is 0 Å². The number of aryl methyl sites for hydroxylation is 2. The van der Waals surface area contributed by atoms with Crippen molar-refractivity contribution in [1.29, 1.82) is 0 Å². The lowest BCUT2D eigenvalue weighted by molar-refractivity contribution is 0.0989. The lowest BCUT2D eigenvalue weighted by Crippen LogP contribution is -2.13. The average Bonchev–Trinajstić information content (AvgIpc) is 2.57. The molecule has 0 aromatic heterocycles. The van der Waals surface area contributed by atoms with Crippen LogP contribution in [-0.4, -0.2) is 17.5 Å². The number of hydrogen-bond donors (Lipinski definition) is 0. The van der Waals surface area contributed by atoms with Crippen LogP contribution < -0.4 is 0 Å². The van der Waals surface area contributed by atoms with Crippen molar-refractivity contribution in [3.05, 3.63) is 67.2 Å². The van der Waals surface area contributed by atoms with E-state index in [2.05, 4.69) is 20.8 Å². The highest BCUT2D eigenvalue weighted by atomic mass is 35.5. The molecule has 0 aliphatic carbocycles. The number of rotatable bonds is 6. The third-order valence-electron chi connectivity index (χ3n) is 4.67. The van der Waals surface area contributed by atoms with Crippen LogP contribution in [0.25, 0.3) is 0 Å². The monoisotopic (exact) mass is 471 g/mol. The molecule has 1 unspecified atom stereocenters. The largest absolute Gasteiger partial charge is 0.420 e. The van der Waals surface area contributed by atoms with Gasteiger partial charge in [0.05, 0.1) is 27.6 Å². The number of carbonyl (C=O) groups is 2. The van der Waals surface area contributed by atoms with Gasteiger partial charge in [0.1, 0.15) is 0 Å². The number of carbonyl (C=O) groups excluding carboxylic acids is 2. The van der Waals surface area contributed by atoms with Gasteiger partial charge in [-0.1, -0.05) is 72.3 Å². The maximum atomic E-state index is 12.8. The van der Waals surface area contributed by atoms with Crippen molar-refractivity contribution in [1.82, 2.24) is 0 Å². The second kappa shape index (κ2) is 9.27. The first-order chi connectivity index (χ1) is 13.3. The summed E-state index contributed by atoms with van der Waals surface area (Å²) in [6.07, 6.45) is -0.164. The van der Waals surface area contributed by atoms with Crippen LogP contribution in [0.15, 0.2) is 24.3 Å². The Kier molecular flexibility index (Phi) is 7.68. The van der Waals surface area contributed by atoms with Gasteiger partial charge in [0.25, 0.3) is 0 Å². The Morgan fingerprint density at radius 2 is 1.38 bits per heavy atom. The van der Waals surface area contributed by atoms with Gasteiger partial charge in [-0.05, 0) is 48.1 Å². The summed E-state index contributed by atoms with van der Waals surface area (Å²) >= 11 is 18.0. The summed E-state index contributed by atoms with van der Waals surface area (Å²) in [5.74, 6) is -0.371. The lowest BCUT2D eigenvalue weighted by atomic mass is 9.84. The smallest absolute Gasteiger partial charge is 0.294 e. The van der Waals surface area contributed by atoms with Crippen molar-refractivity contribution < 1.29 is 14.2 Å². The van der Waals surface area contributed by atoms with Crippen LogP contribution >= 0.6 is 42.6 Å². The molecule has 2 aromatic rings. The molecule has 3 nitrogen and oxygen atoms in total. The molecule has 154 valence electrons. The van der Waals surface area contributed by atoms with E-state index in [9.17, 15) is 14.2 Å². The maximum absolute atomic E-state index is 12.8. The van der Waals surface area contributed by atoms with E-state index in [1.54, 1.807) is 0 Å². The lowest BCUT2D eigenvalue weighted by Gasteiger charge is -2.21. The predicted molar refractivity (Wildman–Crippen MR) is 122 cm³/mol. The minimum atomic E-state index is -2.26. The molecule has 0 bridgehead atoms. The molecule has 0 spiro atoms. The van der Waals surface area contributed by atoms with Crippen LogP contribution in [0.5, 0.6) is 0 Å². The van der Waals surface area contributed by atoms with Crippen LogP contribution in [0.2, 0.25) is 15.1 Å². The van der Waals surface area contributed by atoms with E-state index in [-0.39, 0.29) is 39.4 Å². The Hall–Kier alpha value is -1.25. The number of hydrogen-bond acceptors (Lipinski definition) is 3. The number of halogens is 3. The van der Waals surface area contributed by atoms with Gasteiger partial charge < -0.3 is 0 Å². The van der Waals surface area contributed by atoms with Crippen molar-refractivity contribution in [2.45, 2.75) is 46.5 Å². The average molecular weight is 473 g/mol. The molecule has 29 heavy (non-hydrogen) atoms. The van der Waals surface area contributed by atoms with Crippen LogP contribution in [0.1, 0.15) is 64.6 Å². The fourth-order valence-corrected chi connectivity index (χ4v) is 5.34. The molecule has 7 heteroatoms. The normalized spacial score (nSPS) is 12.1. The standard InChI is InChI=1S/C22H23Cl3O3P/c1-12-8-14(22(3,4)5)9-13(2)19(12)21(27)29(28)7-6-18(26)20-16(24)10-15(23)11-17(20)25/h8-11H,6-7H2,1-5H3/q+1. The quantitative estimate of drug-likeness (QED) is 0.318. The molecule has 0 aliphatic heterocycles. The maximum Gasteiger partial charge on any atom is 0.420 e. The van der Waals surface area contributed by atoms with Gasteiger partial charge >= 0.3 is 13.3 Å². The molecule has 0 heterocycles. The van der Waals surface area contributed by atoms with Crippen LogP contribution in [0.4, 0.5) is 0 Å². The van der Waals surface area contributed by atoms with Gasteiger partial charge in [-0.25, -0.2) is 4.79 Å². The highest BCUT2D eigenvalue weighted by Crippen LogP contribution is 2.35. The Morgan fingerprint density at radius 3 is 1.83 bits per heavy atom. The zero-order valence-corrected chi connectivity index (χ0v) is 20.2. The van der Waals surface area contributed by atoms with Crippen molar-refractivity contribution in [2.24, 2.45) is 0 Å². The van der Waals surface area contributed by atoms with Crippen molar-refractivity contribution in [3.63, 3.8) is 0 Å². The molecule has 0 radical (unpaired) electrons. The van der Waals surface area contributed by atoms with Gasteiger partial charge in [0.15, 0.2) is 11.9 Å². The Bertz CT molecular complexity index is 961. The summed E-state index contributed by atoms with van der Waals surface area (Å²) in [6, 6.07) is 6.78. The first kappa shape index (κ1) is 24.0. The van der Waals surface area contributed by atoms with Gasteiger partial charge in [-0.3, -0.25) is 4.79 Å². The van der Waals surface area contributed by atoms with E-state index < -0.39 is 13.3 Å². The zero-order valence-electron chi connectivity index (χ0n) is 17.0. The number of ketones is 1. The summed E-state index contributed by atoms with van der Waals surface area (Å²) < 4.78 is 12.6. The minimum Gasteiger partial charge on any atom is -0.294 e. The molecule has 0 saturated carbocycles. The Balaban J connectivity index is 2.18. The molecule has 2 rings (SSSR count). The fourth-order valence-electron chi connectivity index (χ4n) is 3.10. The molecule has 0 fully saturated rings. The summed E-state index contributed by atoms with van der Waals surface area (Å²) in [5, 5.41) is 0.597. The van der Waals surface area contributed by atoms with E-state index in [1.165, 1.54) is 12.1 Å². The molecular weight excluding hydrogens is 450 g/mol. The van der Waals surface area contributed by atoms with Crippen LogP contribution in [0.3, 0.4) is 0 Å². The van der Waals surface area contributed by atoms with Gasteiger partial charge in [0.2, 0.25) is 0 Å². The molecule has 0 N–H and O–H groups in total. The highest BCUT2D eigenvalue weighted by Gasteiger charge is 2.34. The highest BCUT2D eigenvalue weighted by molar-refractivity contribution is 7.64. The van der Waals surface area contributed by atoms with E-state index in [0.29, 0.717) is 10.6 Å². The second-order valence-corrected chi connectivity index (χ2v) is 10.9. The first-order valence-electron chi connectivity index (χ1n) is 9.11. The third-order valence-corrected chi connectivity index (χ3v) is 6.79. The summed E-state index contributed by atoms with van der Waals surface area (Å²) in [6.45, 7) is 9.99. The van der Waals surface area contributed by atoms with Crippen molar-refractivity contribution in [2.75, 3.05) is 6.16 Å². The molecule has 2 aromatic carbocycles. The minimum absolute atomic E-state index is 0.0527. The molecular formula is C22H23Cl3O3P+. The molecule has 1 atom stereocenters. The van der Waals surface area contributed by atoms with E-state index in [0.717, 1.165) is 16.7 Å². The third kappa shape index (κ3) is 5.67.